The van der Waals surface area contributed by atoms with Crippen molar-refractivity contribution in [3.05, 3.63) is 65.7 Å². The third kappa shape index (κ3) is 2.66. The van der Waals surface area contributed by atoms with Gasteiger partial charge in [-0.1, -0.05) is 18.2 Å². The molecule has 1 N–H and O–H groups in total. The Balaban J connectivity index is 1.91. The summed E-state index contributed by atoms with van der Waals surface area (Å²) in [7, 11) is 0. The lowest BCUT2D eigenvalue weighted by atomic mass is 9.78. The summed E-state index contributed by atoms with van der Waals surface area (Å²) in [5.74, 6) is 0.671. The largest absolute Gasteiger partial charge is 0.316 e. The lowest BCUT2D eigenvalue weighted by Crippen LogP contribution is -2.34. The Morgan fingerprint density at radius 3 is 2.63 bits per heavy atom. The van der Waals surface area contributed by atoms with Gasteiger partial charge in [-0.25, -0.2) is 4.39 Å². The average molecular weight is 256 g/mol. The van der Waals surface area contributed by atoms with E-state index in [1.165, 1.54) is 11.1 Å². The van der Waals surface area contributed by atoms with Crippen LogP contribution in [0.4, 0.5) is 4.39 Å². The third-order valence-corrected chi connectivity index (χ3v) is 3.89. The molecule has 19 heavy (non-hydrogen) atoms. The number of nitrogens with zero attached hydrogens (tertiary/aromatic N) is 1. The molecule has 0 amide bonds. The molecular formula is C16H17FN2. The van der Waals surface area contributed by atoms with E-state index >= 15 is 0 Å². The Morgan fingerprint density at radius 1 is 1.05 bits per heavy atom. The first-order valence-corrected chi connectivity index (χ1v) is 6.71. The lowest BCUT2D eigenvalue weighted by Gasteiger charge is -2.32. The molecule has 2 nitrogen and oxygen atoms in total. The van der Waals surface area contributed by atoms with Gasteiger partial charge in [0, 0.05) is 24.9 Å². The molecule has 1 aromatic heterocycles. The van der Waals surface area contributed by atoms with Crippen LogP contribution < -0.4 is 5.32 Å². The van der Waals surface area contributed by atoms with Crippen LogP contribution in [0.1, 0.15) is 29.4 Å². The molecule has 0 aliphatic carbocycles. The van der Waals surface area contributed by atoms with Gasteiger partial charge in [0.1, 0.15) is 5.82 Å². The van der Waals surface area contributed by atoms with Crippen molar-refractivity contribution in [3.8, 4) is 0 Å². The first-order chi connectivity index (χ1) is 9.34. The summed E-state index contributed by atoms with van der Waals surface area (Å²) in [5.41, 5.74) is 2.47. The van der Waals surface area contributed by atoms with Gasteiger partial charge in [0.25, 0.3) is 0 Å². The molecule has 1 aromatic carbocycles. The summed E-state index contributed by atoms with van der Waals surface area (Å²) in [5, 5.41) is 3.43. The predicted octanol–water partition coefficient (Wildman–Crippen LogP) is 3.08. The molecule has 1 fully saturated rings. The number of aromatic nitrogens is 1. The lowest BCUT2D eigenvalue weighted by molar-refractivity contribution is 0.403. The van der Waals surface area contributed by atoms with Crippen molar-refractivity contribution in [2.24, 2.45) is 0 Å². The summed E-state index contributed by atoms with van der Waals surface area (Å²) in [6.07, 6.45) is 4.84. The highest BCUT2D eigenvalue weighted by Crippen LogP contribution is 2.36. The fraction of sp³-hybridized carbons (Fsp3) is 0.312. The van der Waals surface area contributed by atoms with E-state index in [1.807, 2.05) is 24.4 Å². The van der Waals surface area contributed by atoms with E-state index in [9.17, 15) is 4.39 Å². The van der Waals surface area contributed by atoms with Crippen molar-refractivity contribution in [2.75, 3.05) is 13.1 Å². The number of rotatable bonds is 2. The smallest absolute Gasteiger partial charge is 0.123 e. The van der Waals surface area contributed by atoms with Gasteiger partial charge in [-0.2, -0.15) is 0 Å². The third-order valence-electron chi connectivity index (χ3n) is 3.89. The van der Waals surface area contributed by atoms with Crippen LogP contribution >= 0.6 is 0 Å². The second kappa shape index (κ2) is 5.49. The van der Waals surface area contributed by atoms with Crippen LogP contribution in [0.15, 0.2) is 48.8 Å². The van der Waals surface area contributed by atoms with E-state index in [1.54, 1.807) is 18.3 Å². The highest BCUT2D eigenvalue weighted by Gasteiger charge is 2.27. The van der Waals surface area contributed by atoms with Crippen LogP contribution in [-0.4, -0.2) is 18.1 Å². The molecule has 3 rings (SSSR count). The van der Waals surface area contributed by atoms with Gasteiger partial charge in [-0.05, 0) is 48.2 Å². The summed E-state index contributed by atoms with van der Waals surface area (Å²) < 4.78 is 13.0. The average Bonchev–Trinajstić information content (AvgIpc) is 2.49. The van der Waals surface area contributed by atoms with Crippen molar-refractivity contribution >= 4 is 0 Å². The quantitative estimate of drug-likeness (QED) is 0.893. The number of benzene rings is 1. The molecule has 3 heteroatoms. The first-order valence-electron chi connectivity index (χ1n) is 6.71. The predicted molar refractivity (Wildman–Crippen MR) is 73.6 cm³/mol. The molecule has 98 valence electrons. The van der Waals surface area contributed by atoms with Gasteiger partial charge >= 0.3 is 0 Å². The molecule has 0 saturated carbocycles. The SMILES string of the molecule is Fc1ccc(C2CNCCC2c2cccnc2)cc1. The zero-order valence-corrected chi connectivity index (χ0v) is 10.7. The zero-order chi connectivity index (χ0) is 13.1. The highest BCUT2D eigenvalue weighted by atomic mass is 19.1. The number of hydrogen-bond donors (Lipinski definition) is 1. The van der Waals surface area contributed by atoms with Crippen LogP contribution in [0.5, 0.6) is 0 Å². The standard InChI is InChI=1S/C16H17FN2/c17-14-5-3-12(4-6-14)16-11-19-9-7-15(16)13-2-1-8-18-10-13/h1-6,8,10,15-16,19H,7,9,11H2. The van der Waals surface area contributed by atoms with Crippen molar-refractivity contribution in [2.45, 2.75) is 18.3 Å². The maximum Gasteiger partial charge on any atom is 0.123 e. The Bertz CT molecular complexity index is 524. The molecule has 2 unspecified atom stereocenters. The van der Waals surface area contributed by atoms with Crippen LogP contribution in [0.3, 0.4) is 0 Å². The Morgan fingerprint density at radius 2 is 1.89 bits per heavy atom. The fourth-order valence-electron chi connectivity index (χ4n) is 2.91. The Hall–Kier alpha value is -1.74. The van der Waals surface area contributed by atoms with Gasteiger partial charge in [-0.3, -0.25) is 4.98 Å². The zero-order valence-electron chi connectivity index (χ0n) is 10.7. The number of pyridine rings is 1. The maximum absolute atomic E-state index is 13.0. The molecule has 0 bridgehead atoms. The van der Waals surface area contributed by atoms with Gasteiger partial charge < -0.3 is 5.32 Å². The topological polar surface area (TPSA) is 24.9 Å². The van der Waals surface area contributed by atoms with E-state index in [2.05, 4.69) is 16.4 Å². The van der Waals surface area contributed by atoms with Crippen LogP contribution in [0, 0.1) is 5.82 Å². The molecule has 2 aromatic rings. The molecule has 1 saturated heterocycles. The normalized spacial score (nSPS) is 23.2. The van der Waals surface area contributed by atoms with Gasteiger partial charge in [-0.15, -0.1) is 0 Å². The molecular weight excluding hydrogens is 239 g/mol. The number of piperidine rings is 1. The Labute approximate surface area is 112 Å². The summed E-state index contributed by atoms with van der Waals surface area (Å²) in [6.45, 7) is 1.96. The number of nitrogens with one attached hydrogen (secondary N) is 1. The van der Waals surface area contributed by atoms with E-state index in [-0.39, 0.29) is 5.82 Å². The first kappa shape index (κ1) is 12.3. The van der Waals surface area contributed by atoms with Crippen molar-refractivity contribution in [3.63, 3.8) is 0 Å². The molecule has 2 atom stereocenters. The minimum atomic E-state index is -0.176. The van der Waals surface area contributed by atoms with E-state index < -0.39 is 0 Å². The van der Waals surface area contributed by atoms with E-state index in [4.69, 9.17) is 0 Å². The molecule has 1 aliphatic rings. The summed E-state index contributed by atoms with van der Waals surface area (Å²) >= 11 is 0. The van der Waals surface area contributed by atoms with Crippen LogP contribution in [-0.2, 0) is 0 Å². The fourth-order valence-corrected chi connectivity index (χ4v) is 2.91. The summed E-state index contributed by atoms with van der Waals surface area (Å²) in [4.78, 5) is 4.22. The molecule has 1 aliphatic heterocycles. The monoisotopic (exact) mass is 256 g/mol. The Kier molecular flexibility index (Phi) is 3.56. The maximum atomic E-state index is 13.0. The van der Waals surface area contributed by atoms with Crippen molar-refractivity contribution < 1.29 is 4.39 Å². The minimum absolute atomic E-state index is 0.176. The summed E-state index contributed by atoms with van der Waals surface area (Å²) in [6, 6.07) is 11.0. The number of hydrogen-bond acceptors (Lipinski definition) is 2. The van der Waals surface area contributed by atoms with Gasteiger partial charge in [0.2, 0.25) is 0 Å². The van der Waals surface area contributed by atoms with E-state index in [0.29, 0.717) is 11.8 Å². The molecule has 0 spiro atoms. The second-order valence-corrected chi connectivity index (χ2v) is 5.04. The van der Waals surface area contributed by atoms with Crippen molar-refractivity contribution in [1.29, 1.82) is 0 Å². The second-order valence-electron chi connectivity index (χ2n) is 5.04. The van der Waals surface area contributed by atoms with Crippen LogP contribution in [0.2, 0.25) is 0 Å². The number of halogens is 1. The molecule has 0 radical (unpaired) electrons. The molecule has 2 heterocycles. The van der Waals surface area contributed by atoms with Crippen LogP contribution in [0.25, 0.3) is 0 Å². The minimum Gasteiger partial charge on any atom is -0.316 e. The van der Waals surface area contributed by atoms with Crippen molar-refractivity contribution in [1.82, 2.24) is 10.3 Å². The van der Waals surface area contributed by atoms with E-state index in [0.717, 1.165) is 19.5 Å². The van der Waals surface area contributed by atoms with Gasteiger partial charge in [0.05, 0.1) is 0 Å². The highest BCUT2D eigenvalue weighted by molar-refractivity contribution is 5.28. The van der Waals surface area contributed by atoms with Gasteiger partial charge in [0.15, 0.2) is 0 Å².